The van der Waals surface area contributed by atoms with Gasteiger partial charge in [-0.3, -0.25) is 0 Å². The van der Waals surface area contributed by atoms with E-state index in [1.54, 1.807) is 24.3 Å². The van der Waals surface area contributed by atoms with Crippen LogP contribution in [0.4, 0.5) is 0 Å². The molecule has 0 saturated carbocycles. The van der Waals surface area contributed by atoms with Crippen LogP contribution in [0.15, 0.2) is 63.9 Å². The summed E-state index contributed by atoms with van der Waals surface area (Å²) < 4.78 is 27.6. The average molecular weight is 287 g/mol. The van der Waals surface area contributed by atoms with Crippen LogP contribution < -0.4 is 0 Å². The molecule has 104 valence electrons. The molecule has 20 heavy (non-hydrogen) atoms. The van der Waals surface area contributed by atoms with Gasteiger partial charge >= 0.3 is 0 Å². The summed E-state index contributed by atoms with van der Waals surface area (Å²) in [5, 5.41) is 0. The van der Waals surface area contributed by atoms with Crippen molar-refractivity contribution < 1.29 is 8.42 Å². The molecule has 0 fully saturated rings. The van der Waals surface area contributed by atoms with Crippen molar-refractivity contribution in [3.8, 4) is 0 Å². The van der Waals surface area contributed by atoms with Crippen LogP contribution in [0.1, 0.15) is 17.5 Å². The lowest BCUT2D eigenvalue weighted by Gasteiger charge is -1.99. The summed E-state index contributed by atoms with van der Waals surface area (Å²) in [7, 11) is -3.56. The zero-order valence-corrected chi connectivity index (χ0v) is 12.2. The predicted molar refractivity (Wildman–Crippen MR) is 81.6 cm³/mol. The predicted octanol–water partition coefficient (Wildman–Crippen LogP) is 3.39. The van der Waals surface area contributed by atoms with Gasteiger partial charge in [-0.25, -0.2) is 0 Å². The first-order valence-electron chi connectivity index (χ1n) is 6.47. The molecule has 0 N–H and O–H groups in total. The van der Waals surface area contributed by atoms with Gasteiger partial charge in [-0.1, -0.05) is 48.0 Å². The molecule has 0 heterocycles. The van der Waals surface area contributed by atoms with Crippen molar-refractivity contribution in [3.05, 3.63) is 65.7 Å². The van der Waals surface area contributed by atoms with Gasteiger partial charge in [-0.15, -0.1) is 0 Å². The topological polar surface area (TPSA) is 46.5 Å². The van der Waals surface area contributed by atoms with E-state index in [-0.39, 0.29) is 4.90 Å². The average Bonchev–Trinajstić information content (AvgIpc) is 2.45. The van der Waals surface area contributed by atoms with Crippen LogP contribution in [0.25, 0.3) is 0 Å². The molecular weight excluding hydrogens is 270 g/mol. The van der Waals surface area contributed by atoms with Crippen LogP contribution in [0, 0.1) is 6.92 Å². The van der Waals surface area contributed by atoms with Gasteiger partial charge < -0.3 is 0 Å². The molecule has 4 heteroatoms. The summed E-state index contributed by atoms with van der Waals surface area (Å²) in [6.07, 6.45) is 2.87. The summed E-state index contributed by atoms with van der Waals surface area (Å²) in [6, 6.07) is 16.6. The van der Waals surface area contributed by atoms with Gasteiger partial charge in [0.05, 0.1) is 4.90 Å². The van der Waals surface area contributed by atoms with Gasteiger partial charge in [-0.2, -0.15) is 12.8 Å². The molecule has 0 aromatic heterocycles. The van der Waals surface area contributed by atoms with Crippen LogP contribution in [0.5, 0.6) is 0 Å². The molecule has 0 saturated heterocycles. The Bertz CT molecular complexity index is 674. The lowest BCUT2D eigenvalue weighted by molar-refractivity contribution is 0.598. The highest BCUT2D eigenvalue weighted by atomic mass is 32.2. The number of sulfonamides is 1. The molecule has 2 aromatic rings. The highest BCUT2D eigenvalue weighted by Crippen LogP contribution is 2.12. The zero-order chi connectivity index (χ0) is 14.4. The van der Waals surface area contributed by atoms with E-state index in [0.29, 0.717) is 6.42 Å². The second-order valence-electron chi connectivity index (χ2n) is 4.60. The fourth-order valence-electron chi connectivity index (χ4n) is 1.80. The second-order valence-corrected chi connectivity index (χ2v) is 6.23. The van der Waals surface area contributed by atoms with Crippen molar-refractivity contribution in [3.63, 3.8) is 0 Å². The first kappa shape index (κ1) is 14.5. The van der Waals surface area contributed by atoms with E-state index >= 15 is 0 Å². The molecule has 0 aliphatic carbocycles. The van der Waals surface area contributed by atoms with Gasteiger partial charge in [0.25, 0.3) is 10.0 Å². The number of rotatable bonds is 5. The van der Waals surface area contributed by atoms with Gasteiger partial charge in [0.15, 0.2) is 0 Å². The molecule has 0 radical (unpaired) electrons. The summed E-state index contributed by atoms with van der Waals surface area (Å²) in [6.45, 7) is 1.92. The Labute approximate surface area is 120 Å². The van der Waals surface area contributed by atoms with Crippen molar-refractivity contribution in [1.29, 1.82) is 0 Å². The molecule has 3 nitrogen and oxygen atoms in total. The zero-order valence-electron chi connectivity index (χ0n) is 11.4. The summed E-state index contributed by atoms with van der Waals surface area (Å²) in [5.74, 6) is 0. The molecular formula is C16H17NO2S. The van der Waals surface area contributed by atoms with Crippen molar-refractivity contribution in [2.24, 2.45) is 4.40 Å². The number of benzene rings is 2. The van der Waals surface area contributed by atoms with E-state index in [9.17, 15) is 8.42 Å². The minimum Gasteiger partial charge on any atom is -0.199 e. The van der Waals surface area contributed by atoms with Crippen molar-refractivity contribution in [2.75, 3.05) is 0 Å². The van der Waals surface area contributed by atoms with E-state index in [2.05, 4.69) is 4.40 Å². The maximum absolute atomic E-state index is 12.0. The third kappa shape index (κ3) is 4.03. The number of hydrogen-bond donors (Lipinski definition) is 0. The Morgan fingerprint density at radius 3 is 2.30 bits per heavy atom. The number of nitrogens with zero attached hydrogens (tertiary/aromatic N) is 1. The Hall–Kier alpha value is -1.94. The van der Waals surface area contributed by atoms with E-state index in [1.807, 2.05) is 37.3 Å². The molecule has 0 unspecified atom stereocenters. The summed E-state index contributed by atoms with van der Waals surface area (Å²) >= 11 is 0. The van der Waals surface area contributed by atoms with Crippen molar-refractivity contribution in [2.45, 2.75) is 24.7 Å². The molecule has 0 aliphatic heterocycles. The van der Waals surface area contributed by atoms with E-state index in [1.165, 1.54) is 11.8 Å². The van der Waals surface area contributed by atoms with E-state index < -0.39 is 10.0 Å². The minimum absolute atomic E-state index is 0.235. The first-order chi connectivity index (χ1) is 9.58. The summed E-state index contributed by atoms with van der Waals surface area (Å²) in [4.78, 5) is 0.235. The Kier molecular flexibility index (Phi) is 4.69. The fraction of sp³-hybridized carbons (Fsp3) is 0.188. The normalized spacial score (nSPS) is 11.8. The van der Waals surface area contributed by atoms with Gasteiger partial charge in [-0.05, 0) is 37.5 Å². The molecule has 0 aliphatic rings. The van der Waals surface area contributed by atoms with Gasteiger partial charge in [0.2, 0.25) is 0 Å². The van der Waals surface area contributed by atoms with Gasteiger partial charge in [0, 0.05) is 6.21 Å². The quantitative estimate of drug-likeness (QED) is 0.791. The minimum atomic E-state index is -3.56. The SMILES string of the molecule is Cc1ccc(S(=O)(=O)N=CCCc2ccccc2)cc1. The third-order valence-corrected chi connectivity index (χ3v) is 4.23. The smallest absolute Gasteiger partial charge is 0.199 e. The third-order valence-electron chi connectivity index (χ3n) is 2.94. The highest BCUT2D eigenvalue weighted by Gasteiger charge is 2.10. The van der Waals surface area contributed by atoms with Crippen LogP contribution in [-0.4, -0.2) is 14.6 Å². The van der Waals surface area contributed by atoms with Crippen LogP contribution in [-0.2, 0) is 16.4 Å². The van der Waals surface area contributed by atoms with Crippen molar-refractivity contribution in [1.82, 2.24) is 0 Å². The largest absolute Gasteiger partial charge is 0.281 e. The maximum Gasteiger partial charge on any atom is 0.281 e. The van der Waals surface area contributed by atoms with E-state index in [4.69, 9.17) is 0 Å². The lowest BCUT2D eigenvalue weighted by atomic mass is 10.1. The first-order valence-corrected chi connectivity index (χ1v) is 7.91. The standard InChI is InChI=1S/C16H17NO2S/c1-14-9-11-16(12-10-14)20(18,19)17-13-5-8-15-6-3-2-4-7-15/h2-4,6-7,9-13H,5,8H2,1H3. The summed E-state index contributed by atoms with van der Waals surface area (Å²) in [5.41, 5.74) is 2.20. The van der Waals surface area contributed by atoms with Crippen LogP contribution >= 0.6 is 0 Å². The molecule has 0 atom stereocenters. The van der Waals surface area contributed by atoms with E-state index in [0.717, 1.165) is 12.0 Å². The molecule has 2 aromatic carbocycles. The highest BCUT2D eigenvalue weighted by molar-refractivity contribution is 7.90. The Morgan fingerprint density at radius 1 is 1.00 bits per heavy atom. The Balaban J connectivity index is 1.98. The monoisotopic (exact) mass is 287 g/mol. The molecule has 0 amide bonds. The second kappa shape index (κ2) is 6.48. The maximum atomic E-state index is 12.0. The lowest BCUT2D eigenvalue weighted by Crippen LogP contribution is -1.97. The Morgan fingerprint density at radius 2 is 1.65 bits per heavy atom. The molecule has 0 spiro atoms. The number of hydrogen-bond acceptors (Lipinski definition) is 2. The van der Waals surface area contributed by atoms with Gasteiger partial charge in [0.1, 0.15) is 0 Å². The molecule has 2 rings (SSSR count). The van der Waals surface area contributed by atoms with Crippen LogP contribution in [0.2, 0.25) is 0 Å². The molecule has 0 bridgehead atoms. The van der Waals surface area contributed by atoms with Crippen LogP contribution in [0.3, 0.4) is 0 Å². The van der Waals surface area contributed by atoms with Crippen molar-refractivity contribution >= 4 is 16.2 Å². The number of aryl methyl sites for hydroxylation is 2. The fourth-order valence-corrected chi connectivity index (χ4v) is 2.70.